The number of aromatic nitrogens is 1. The highest BCUT2D eigenvalue weighted by molar-refractivity contribution is 6.17. The number of hydrogen-bond donors (Lipinski definition) is 1. The summed E-state index contributed by atoms with van der Waals surface area (Å²) < 4.78 is 24.9. The van der Waals surface area contributed by atoms with Crippen LogP contribution in [-0.2, 0) is 12.5 Å². The molecule has 0 atom stereocenters. The second-order valence-corrected chi connectivity index (χ2v) is 3.16. The van der Waals surface area contributed by atoms with Gasteiger partial charge in [0.15, 0.2) is 0 Å². The summed E-state index contributed by atoms with van der Waals surface area (Å²) in [5.74, 6) is 0.0945. The van der Waals surface area contributed by atoms with Crippen LogP contribution in [0.5, 0.6) is 0 Å². The van der Waals surface area contributed by atoms with Crippen molar-refractivity contribution in [1.82, 2.24) is 4.98 Å². The lowest BCUT2D eigenvalue weighted by Crippen LogP contribution is -2.03. The van der Waals surface area contributed by atoms with E-state index < -0.39 is 13.0 Å². The molecule has 0 aliphatic heterocycles. The van der Waals surface area contributed by atoms with Crippen LogP contribution in [0.4, 0.5) is 8.78 Å². The van der Waals surface area contributed by atoms with Crippen molar-refractivity contribution in [2.75, 3.05) is 0 Å². The van der Waals surface area contributed by atoms with E-state index in [1.165, 1.54) is 6.07 Å². The first-order valence-electron chi connectivity index (χ1n) is 4.04. The summed E-state index contributed by atoms with van der Waals surface area (Å²) in [6, 6.07) is 1.49. The highest BCUT2D eigenvalue weighted by Gasteiger charge is 2.16. The Bertz CT molecular complexity index is 331. The zero-order valence-electron chi connectivity index (χ0n) is 7.60. The third kappa shape index (κ3) is 2.19. The van der Waals surface area contributed by atoms with Gasteiger partial charge in [0.2, 0.25) is 0 Å². The van der Waals surface area contributed by atoms with Crippen LogP contribution in [0.1, 0.15) is 28.9 Å². The van der Waals surface area contributed by atoms with Crippen molar-refractivity contribution in [3.63, 3.8) is 0 Å². The molecular weight excluding hydrogens is 212 g/mol. The maximum Gasteiger partial charge on any atom is 0.280 e. The van der Waals surface area contributed by atoms with Gasteiger partial charge in [0.1, 0.15) is 5.69 Å². The Kier molecular flexibility index (Phi) is 3.77. The highest BCUT2D eigenvalue weighted by atomic mass is 35.5. The zero-order chi connectivity index (χ0) is 10.7. The molecule has 0 saturated carbocycles. The van der Waals surface area contributed by atoms with E-state index in [4.69, 9.17) is 16.7 Å². The van der Waals surface area contributed by atoms with Gasteiger partial charge in [0, 0.05) is 5.56 Å². The van der Waals surface area contributed by atoms with Gasteiger partial charge in [-0.3, -0.25) is 0 Å². The first-order chi connectivity index (χ1) is 6.60. The Morgan fingerprint density at radius 1 is 1.57 bits per heavy atom. The minimum absolute atomic E-state index is 0.0945. The van der Waals surface area contributed by atoms with Crippen LogP contribution in [0.25, 0.3) is 0 Å². The summed E-state index contributed by atoms with van der Waals surface area (Å²) in [6.07, 6.45) is -2.68. The summed E-state index contributed by atoms with van der Waals surface area (Å²) in [4.78, 5) is 3.72. The van der Waals surface area contributed by atoms with E-state index in [0.29, 0.717) is 11.3 Å². The molecule has 0 fully saturated rings. The fraction of sp³-hybridized carbons (Fsp3) is 0.444. The number of aryl methyl sites for hydroxylation is 1. The second kappa shape index (κ2) is 4.66. The Balaban J connectivity index is 3.25. The van der Waals surface area contributed by atoms with Crippen LogP contribution in [-0.4, -0.2) is 10.1 Å². The van der Waals surface area contributed by atoms with Gasteiger partial charge < -0.3 is 5.11 Å². The van der Waals surface area contributed by atoms with E-state index in [1.807, 2.05) is 0 Å². The van der Waals surface area contributed by atoms with Crippen molar-refractivity contribution in [2.45, 2.75) is 25.8 Å². The topological polar surface area (TPSA) is 33.1 Å². The number of pyridine rings is 1. The maximum absolute atomic E-state index is 12.4. The number of nitrogens with zero attached hydrogens (tertiary/aromatic N) is 1. The van der Waals surface area contributed by atoms with E-state index in [9.17, 15) is 8.78 Å². The van der Waals surface area contributed by atoms with Gasteiger partial charge in [-0.2, -0.15) is 0 Å². The van der Waals surface area contributed by atoms with Crippen molar-refractivity contribution in [3.8, 4) is 0 Å². The number of aliphatic hydroxyl groups is 1. The fourth-order valence-electron chi connectivity index (χ4n) is 1.17. The van der Waals surface area contributed by atoms with Crippen LogP contribution < -0.4 is 0 Å². The van der Waals surface area contributed by atoms with Gasteiger partial charge in [0.25, 0.3) is 6.43 Å². The summed E-state index contributed by atoms with van der Waals surface area (Å²) in [5, 5.41) is 8.85. The molecule has 78 valence electrons. The first kappa shape index (κ1) is 11.3. The van der Waals surface area contributed by atoms with Gasteiger partial charge >= 0.3 is 0 Å². The molecule has 1 aromatic heterocycles. The number of aliphatic hydroxyl groups excluding tert-OH is 1. The Hall–Kier alpha value is -0.740. The average Bonchev–Trinajstić information content (AvgIpc) is 2.16. The summed E-state index contributed by atoms with van der Waals surface area (Å²) in [6.45, 7) is 1.29. The molecule has 0 unspecified atom stereocenters. The molecule has 1 N–H and O–H groups in total. The van der Waals surface area contributed by atoms with Gasteiger partial charge in [-0.25, -0.2) is 13.8 Å². The molecule has 14 heavy (non-hydrogen) atoms. The van der Waals surface area contributed by atoms with E-state index in [-0.39, 0.29) is 17.1 Å². The minimum Gasteiger partial charge on any atom is -0.392 e. The largest absolute Gasteiger partial charge is 0.392 e. The third-order valence-electron chi connectivity index (χ3n) is 1.93. The summed E-state index contributed by atoms with van der Waals surface area (Å²) in [5.41, 5.74) is 0.924. The van der Waals surface area contributed by atoms with Crippen molar-refractivity contribution < 1.29 is 13.9 Å². The lowest BCUT2D eigenvalue weighted by atomic mass is 10.1. The third-order valence-corrected chi connectivity index (χ3v) is 2.19. The average molecular weight is 222 g/mol. The van der Waals surface area contributed by atoms with E-state index >= 15 is 0 Å². The number of rotatable bonds is 3. The number of halogens is 3. The van der Waals surface area contributed by atoms with Gasteiger partial charge in [-0.15, -0.1) is 11.6 Å². The molecule has 1 rings (SSSR count). The molecule has 0 aliphatic carbocycles. The summed E-state index contributed by atoms with van der Waals surface area (Å²) >= 11 is 5.53. The molecule has 0 aromatic carbocycles. The highest BCUT2D eigenvalue weighted by Crippen LogP contribution is 2.23. The van der Waals surface area contributed by atoms with Gasteiger partial charge in [-0.05, 0) is 18.6 Å². The van der Waals surface area contributed by atoms with E-state index in [2.05, 4.69) is 4.98 Å². The molecule has 0 saturated heterocycles. The molecule has 0 spiro atoms. The normalized spacial score (nSPS) is 11.0. The first-order valence-corrected chi connectivity index (χ1v) is 4.57. The molecule has 0 amide bonds. The molecule has 0 aliphatic rings. The molecule has 0 bridgehead atoms. The number of alkyl halides is 3. The number of hydrogen-bond acceptors (Lipinski definition) is 2. The Morgan fingerprint density at radius 3 is 2.64 bits per heavy atom. The predicted octanol–water partition coefficient (Wildman–Crippen LogP) is 2.56. The van der Waals surface area contributed by atoms with Crippen LogP contribution >= 0.6 is 11.6 Å². The molecular formula is C9H10ClF2NO. The minimum atomic E-state index is -2.68. The maximum atomic E-state index is 12.4. The standard InChI is InChI=1S/C9H10ClF2NO/c1-5-2-6(4-14)8(9(11)12)13-7(5)3-10/h2,9,14H,3-4H2,1H3. The van der Waals surface area contributed by atoms with Crippen molar-refractivity contribution in [3.05, 3.63) is 28.6 Å². The quantitative estimate of drug-likeness (QED) is 0.796. The van der Waals surface area contributed by atoms with Gasteiger partial charge in [0.05, 0.1) is 18.2 Å². The lowest BCUT2D eigenvalue weighted by molar-refractivity contribution is 0.141. The van der Waals surface area contributed by atoms with Crippen LogP contribution in [0.2, 0.25) is 0 Å². The molecule has 1 aromatic rings. The fourth-order valence-corrected chi connectivity index (χ4v) is 1.45. The van der Waals surface area contributed by atoms with E-state index in [0.717, 1.165) is 0 Å². The molecule has 2 nitrogen and oxygen atoms in total. The zero-order valence-corrected chi connectivity index (χ0v) is 8.35. The predicted molar refractivity (Wildman–Crippen MR) is 49.4 cm³/mol. The monoisotopic (exact) mass is 221 g/mol. The van der Waals surface area contributed by atoms with Crippen LogP contribution in [0, 0.1) is 6.92 Å². The molecule has 1 heterocycles. The Morgan fingerprint density at radius 2 is 2.21 bits per heavy atom. The van der Waals surface area contributed by atoms with Gasteiger partial charge in [-0.1, -0.05) is 0 Å². The van der Waals surface area contributed by atoms with Crippen molar-refractivity contribution in [2.24, 2.45) is 0 Å². The molecule has 5 heteroatoms. The van der Waals surface area contributed by atoms with Crippen molar-refractivity contribution >= 4 is 11.6 Å². The van der Waals surface area contributed by atoms with Crippen molar-refractivity contribution in [1.29, 1.82) is 0 Å². The van der Waals surface area contributed by atoms with Crippen LogP contribution in [0.3, 0.4) is 0 Å². The Labute approximate surface area is 85.5 Å². The SMILES string of the molecule is Cc1cc(CO)c(C(F)F)nc1CCl. The van der Waals surface area contributed by atoms with E-state index in [1.54, 1.807) is 6.92 Å². The lowest BCUT2D eigenvalue weighted by Gasteiger charge is -2.09. The smallest absolute Gasteiger partial charge is 0.280 e. The second-order valence-electron chi connectivity index (χ2n) is 2.89. The molecule has 0 radical (unpaired) electrons. The van der Waals surface area contributed by atoms with Crippen LogP contribution in [0.15, 0.2) is 6.07 Å². The summed E-state index contributed by atoms with van der Waals surface area (Å²) in [7, 11) is 0.